The van der Waals surface area contributed by atoms with Crippen LogP contribution in [0.15, 0.2) is 60.7 Å². The number of carbonyl (C=O) groups is 3. The van der Waals surface area contributed by atoms with Crippen LogP contribution >= 0.6 is 11.6 Å². The molecule has 0 unspecified atom stereocenters. The van der Waals surface area contributed by atoms with Gasteiger partial charge in [-0.05, 0) is 48.2 Å². The summed E-state index contributed by atoms with van der Waals surface area (Å²) >= 11 is 6.49. The number of phenolic OH excluding ortho intramolecular Hbond substituents is 2. The number of hydrogen-bond acceptors (Lipinski definition) is 6. The van der Waals surface area contributed by atoms with Gasteiger partial charge < -0.3 is 15.5 Å². The molecule has 0 bridgehead atoms. The molecule has 3 aromatic carbocycles. The van der Waals surface area contributed by atoms with Gasteiger partial charge >= 0.3 is 0 Å². The van der Waals surface area contributed by atoms with Gasteiger partial charge in [-0.2, -0.15) is 0 Å². The molecule has 3 aliphatic rings. The first-order valence-electron chi connectivity index (χ1n) is 12.0. The number of nitrogens with one attached hydrogen (secondary N) is 2. The molecule has 3 aromatic rings. The van der Waals surface area contributed by atoms with E-state index in [0.29, 0.717) is 21.8 Å². The van der Waals surface area contributed by atoms with Crippen LogP contribution in [-0.2, 0) is 32.9 Å². The van der Waals surface area contributed by atoms with Crippen LogP contribution in [0.1, 0.15) is 22.3 Å². The summed E-state index contributed by atoms with van der Waals surface area (Å²) in [6.45, 7) is 1.96. The number of imide groups is 1. The molecule has 1 spiro atoms. The fourth-order valence-corrected chi connectivity index (χ4v) is 6.42. The Morgan fingerprint density at radius 2 is 1.70 bits per heavy atom. The smallest absolute Gasteiger partial charge is 0.250 e. The third-order valence-electron chi connectivity index (χ3n) is 7.69. The monoisotopic (exact) mass is 517 g/mol. The van der Waals surface area contributed by atoms with E-state index < -0.39 is 35.2 Å². The summed E-state index contributed by atoms with van der Waals surface area (Å²) < 4.78 is 0. The average Bonchev–Trinajstić information content (AvgIpc) is 3.43. The number of anilines is 1. The number of aryl methyl sites for hydroxylation is 1. The number of carbonyl (C=O) groups excluding carboxylic acids is 3. The lowest BCUT2D eigenvalue weighted by Crippen LogP contribution is -2.53. The highest BCUT2D eigenvalue weighted by Crippen LogP contribution is 2.55. The van der Waals surface area contributed by atoms with Gasteiger partial charge in [0.2, 0.25) is 17.7 Å². The Bertz CT molecular complexity index is 1480. The first-order valence-corrected chi connectivity index (χ1v) is 12.4. The highest BCUT2D eigenvalue weighted by Gasteiger charge is 2.70. The third-order valence-corrected chi connectivity index (χ3v) is 7.99. The van der Waals surface area contributed by atoms with Crippen molar-refractivity contribution in [3.05, 3.63) is 87.9 Å². The van der Waals surface area contributed by atoms with E-state index in [1.165, 1.54) is 17.0 Å². The van der Waals surface area contributed by atoms with Crippen molar-refractivity contribution in [1.29, 1.82) is 0 Å². The molecule has 0 saturated carbocycles. The Morgan fingerprint density at radius 1 is 0.946 bits per heavy atom. The number of benzene rings is 3. The molecule has 0 aromatic heterocycles. The van der Waals surface area contributed by atoms with Crippen molar-refractivity contribution >= 4 is 35.0 Å². The van der Waals surface area contributed by atoms with E-state index in [1.54, 1.807) is 12.1 Å². The molecule has 188 valence electrons. The summed E-state index contributed by atoms with van der Waals surface area (Å²) in [5, 5.41) is 26.3. The topological polar surface area (TPSA) is 119 Å². The molecule has 9 heteroatoms. The number of aromatic hydroxyl groups is 2. The van der Waals surface area contributed by atoms with E-state index in [9.17, 15) is 24.6 Å². The van der Waals surface area contributed by atoms with E-state index in [2.05, 4.69) is 10.6 Å². The van der Waals surface area contributed by atoms with E-state index in [-0.39, 0.29) is 30.4 Å². The number of phenols is 2. The van der Waals surface area contributed by atoms with Crippen molar-refractivity contribution < 1.29 is 24.6 Å². The zero-order valence-corrected chi connectivity index (χ0v) is 20.6. The number of amides is 3. The van der Waals surface area contributed by atoms with Gasteiger partial charge in [0.1, 0.15) is 5.54 Å². The zero-order chi connectivity index (χ0) is 26.1. The Kier molecular flexibility index (Phi) is 5.29. The second-order valence-electron chi connectivity index (χ2n) is 9.96. The van der Waals surface area contributed by atoms with Crippen molar-refractivity contribution in [1.82, 2.24) is 10.2 Å². The Balaban J connectivity index is 1.47. The Labute approximate surface area is 217 Å². The summed E-state index contributed by atoms with van der Waals surface area (Å²) in [7, 11) is 0. The van der Waals surface area contributed by atoms with Crippen LogP contribution in [0, 0.1) is 18.8 Å². The van der Waals surface area contributed by atoms with Gasteiger partial charge in [-0.1, -0.05) is 54.1 Å². The Morgan fingerprint density at radius 3 is 2.43 bits per heavy atom. The van der Waals surface area contributed by atoms with Gasteiger partial charge in [-0.15, -0.1) is 0 Å². The number of likely N-dealkylation sites (tertiary alicyclic amines) is 1. The Hall–Kier alpha value is -3.88. The summed E-state index contributed by atoms with van der Waals surface area (Å²) in [6, 6.07) is 16.7. The van der Waals surface area contributed by atoms with Crippen LogP contribution in [0.25, 0.3) is 0 Å². The lowest BCUT2D eigenvalue weighted by atomic mass is 9.76. The van der Waals surface area contributed by atoms with Gasteiger partial charge in [0.05, 0.1) is 29.1 Å². The minimum Gasteiger partial charge on any atom is -0.504 e. The molecular formula is C28H24ClN3O5. The molecule has 6 rings (SSSR count). The lowest BCUT2D eigenvalue weighted by molar-refractivity contribution is -0.143. The van der Waals surface area contributed by atoms with E-state index >= 15 is 0 Å². The van der Waals surface area contributed by atoms with Crippen LogP contribution in [-0.4, -0.2) is 38.9 Å². The lowest BCUT2D eigenvalue weighted by Gasteiger charge is -2.30. The van der Waals surface area contributed by atoms with Crippen LogP contribution in [0.3, 0.4) is 0 Å². The normalized spacial score (nSPS) is 26.1. The van der Waals surface area contributed by atoms with Gasteiger partial charge in [-0.25, -0.2) is 0 Å². The minimum absolute atomic E-state index is 0.108. The summed E-state index contributed by atoms with van der Waals surface area (Å²) in [5.41, 5.74) is 1.79. The summed E-state index contributed by atoms with van der Waals surface area (Å²) in [6.07, 6.45) is 0.247. The van der Waals surface area contributed by atoms with Gasteiger partial charge in [0, 0.05) is 11.6 Å². The molecule has 0 aliphatic carbocycles. The van der Waals surface area contributed by atoms with E-state index in [4.69, 9.17) is 11.6 Å². The fourth-order valence-electron chi connectivity index (χ4n) is 6.10. The fraction of sp³-hybridized carbons (Fsp3) is 0.250. The number of fused-ring (bicyclic) bond motifs is 4. The quantitative estimate of drug-likeness (QED) is 0.312. The molecule has 2 fully saturated rings. The first kappa shape index (κ1) is 23.5. The van der Waals surface area contributed by atoms with Crippen molar-refractivity contribution in [2.24, 2.45) is 11.8 Å². The maximum absolute atomic E-state index is 14.0. The second-order valence-corrected chi connectivity index (χ2v) is 10.4. The number of rotatable bonds is 4. The summed E-state index contributed by atoms with van der Waals surface area (Å²) in [4.78, 5) is 42.7. The van der Waals surface area contributed by atoms with Crippen molar-refractivity contribution in [2.45, 2.75) is 31.5 Å². The highest BCUT2D eigenvalue weighted by molar-refractivity contribution is 6.35. The molecular weight excluding hydrogens is 494 g/mol. The largest absolute Gasteiger partial charge is 0.504 e. The SMILES string of the molecule is Cc1cc(Cl)c2c(c1)[C@]1(N[C@@H](Cc3ccc(O)c(O)c3)[C@H]3C(=O)N(Cc4ccccc4)C(=O)[C@H]31)C(=O)N2. The zero-order valence-electron chi connectivity index (χ0n) is 19.9. The molecule has 37 heavy (non-hydrogen) atoms. The number of halogens is 1. The van der Waals surface area contributed by atoms with Gasteiger partial charge in [-0.3, -0.25) is 24.6 Å². The molecule has 0 radical (unpaired) electrons. The average molecular weight is 518 g/mol. The van der Waals surface area contributed by atoms with Crippen LogP contribution in [0.2, 0.25) is 5.02 Å². The predicted octanol–water partition coefficient (Wildman–Crippen LogP) is 3.22. The van der Waals surface area contributed by atoms with E-state index in [0.717, 1.165) is 11.1 Å². The van der Waals surface area contributed by atoms with Crippen molar-refractivity contribution in [3.63, 3.8) is 0 Å². The predicted molar refractivity (Wildman–Crippen MR) is 136 cm³/mol. The molecule has 3 aliphatic heterocycles. The molecule has 3 heterocycles. The number of hydrogen-bond donors (Lipinski definition) is 4. The van der Waals surface area contributed by atoms with Crippen LogP contribution in [0.4, 0.5) is 5.69 Å². The molecule has 3 amide bonds. The van der Waals surface area contributed by atoms with E-state index in [1.807, 2.05) is 43.3 Å². The number of nitrogens with zero attached hydrogens (tertiary/aromatic N) is 1. The molecule has 8 nitrogen and oxygen atoms in total. The highest BCUT2D eigenvalue weighted by atomic mass is 35.5. The maximum Gasteiger partial charge on any atom is 0.250 e. The summed E-state index contributed by atoms with van der Waals surface area (Å²) in [5.74, 6) is -3.52. The van der Waals surface area contributed by atoms with Crippen molar-refractivity contribution in [2.75, 3.05) is 5.32 Å². The minimum atomic E-state index is -1.47. The maximum atomic E-state index is 14.0. The molecule has 4 atom stereocenters. The second kappa shape index (κ2) is 8.33. The first-order chi connectivity index (χ1) is 17.7. The standard InChI is InChI=1S/C28H24ClN3O5/c1-14-9-17-24(18(29)10-14)30-27(37)28(17)23-22(19(31-28)11-16-7-8-20(33)21(34)12-16)25(35)32(26(23)36)13-15-5-3-2-4-6-15/h2-10,12,19,22-23,31,33-34H,11,13H2,1H3,(H,30,37)/t19-,22+,23-,28+/m0/s1. The van der Waals surface area contributed by atoms with Crippen LogP contribution < -0.4 is 10.6 Å². The van der Waals surface area contributed by atoms with Crippen molar-refractivity contribution in [3.8, 4) is 11.5 Å². The molecule has 4 N–H and O–H groups in total. The van der Waals surface area contributed by atoms with Gasteiger partial charge in [0.15, 0.2) is 11.5 Å². The third kappa shape index (κ3) is 3.43. The van der Waals surface area contributed by atoms with Gasteiger partial charge in [0.25, 0.3) is 0 Å². The van der Waals surface area contributed by atoms with Crippen LogP contribution in [0.5, 0.6) is 11.5 Å². The molecule has 2 saturated heterocycles.